The monoisotopic (exact) mass is 367 g/mol. The number of hydrogen-bond acceptors (Lipinski definition) is 6. The molecule has 0 saturated carbocycles. The van der Waals surface area contributed by atoms with Gasteiger partial charge in [0.1, 0.15) is 11.5 Å². The SMILES string of the molecule is CCOc1ccccc1NC(=O)CCN(c1cc(C)on1)S(C)(=O)=O. The van der Waals surface area contributed by atoms with E-state index >= 15 is 0 Å². The summed E-state index contributed by atoms with van der Waals surface area (Å²) in [6, 6.07) is 8.56. The maximum Gasteiger partial charge on any atom is 0.233 e. The molecule has 0 spiro atoms. The van der Waals surface area contributed by atoms with Gasteiger partial charge < -0.3 is 14.6 Å². The van der Waals surface area contributed by atoms with Crippen LogP contribution in [0.2, 0.25) is 0 Å². The smallest absolute Gasteiger partial charge is 0.233 e. The van der Waals surface area contributed by atoms with Crippen LogP contribution < -0.4 is 14.4 Å². The molecule has 0 unspecified atom stereocenters. The van der Waals surface area contributed by atoms with E-state index in [1.54, 1.807) is 31.2 Å². The van der Waals surface area contributed by atoms with E-state index in [1.807, 2.05) is 6.92 Å². The molecule has 25 heavy (non-hydrogen) atoms. The van der Waals surface area contributed by atoms with Crippen molar-refractivity contribution in [2.24, 2.45) is 0 Å². The van der Waals surface area contributed by atoms with Gasteiger partial charge in [-0.25, -0.2) is 8.42 Å². The van der Waals surface area contributed by atoms with Crippen molar-refractivity contribution in [1.29, 1.82) is 0 Å². The number of rotatable bonds is 8. The molecule has 136 valence electrons. The summed E-state index contributed by atoms with van der Waals surface area (Å²) < 4.78 is 35.3. The second-order valence-electron chi connectivity index (χ2n) is 5.36. The van der Waals surface area contributed by atoms with Gasteiger partial charge in [-0.15, -0.1) is 0 Å². The average Bonchev–Trinajstić information content (AvgIpc) is 2.94. The fourth-order valence-electron chi connectivity index (χ4n) is 2.19. The van der Waals surface area contributed by atoms with Crippen LogP contribution in [0.25, 0.3) is 0 Å². The Kier molecular flexibility index (Phi) is 6.02. The minimum atomic E-state index is -3.58. The van der Waals surface area contributed by atoms with E-state index in [4.69, 9.17) is 9.26 Å². The molecular weight excluding hydrogens is 346 g/mol. The van der Waals surface area contributed by atoms with E-state index in [1.165, 1.54) is 6.07 Å². The van der Waals surface area contributed by atoms with Crippen LogP contribution in [0, 0.1) is 6.92 Å². The van der Waals surface area contributed by atoms with E-state index < -0.39 is 10.0 Å². The molecule has 9 heteroatoms. The first-order chi connectivity index (χ1) is 11.8. The highest BCUT2D eigenvalue weighted by Gasteiger charge is 2.22. The molecule has 0 aliphatic carbocycles. The fraction of sp³-hybridized carbons (Fsp3) is 0.375. The van der Waals surface area contributed by atoms with Crippen molar-refractivity contribution in [3.05, 3.63) is 36.1 Å². The summed E-state index contributed by atoms with van der Waals surface area (Å²) in [7, 11) is -3.58. The molecular formula is C16H21N3O5S. The third-order valence-corrected chi connectivity index (χ3v) is 4.44. The number of para-hydroxylation sites is 2. The lowest BCUT2D eigenvalue weighted by molar-refractivity contribution is -0.116. The van der Waals surface area contributed by atoms with Crippen molar-refractivity contribution in [2.45, 2.75) is 20.3 Å². The molecule has 8 nitrogen and oxygen atoms in total. The lowest BCUT2D eigenvalue weighted by atomic mass is 10.2. The molecule has 1 amide bonds. The maximum absolute atomic E-state index is 12.2. The minimum Gasteiger partial charge on any atom is -0.492 e. The van der Waals surface area contributed by atoms with Gasteiger partial charge in [0.05, 0.1) is 18.6 Å². The predicted molar refractivity (Wildman–Crippen MR) is 94.3 cm³/mol. The Balaban J connectivity index is 2.05. The number of nitrogens with one attached hydrogen (secondary N) is 1. The van der Waals surface area contributed by atoms with E-state index in [-0.39, 0.29) is 24.7 Å². The molecule has 0 radical (unpaired) electrons. The molecule has 0 aliphatic rings. The highest BCUT2D eigenvalue weighted by molar-refractivity contribution is 7.92. The zero-order chi connectivity index (χ0) is 18.4. The minimum absolute atomic E-state index is 0.0422. The second-order valence-corrected chi connectivity index (χ2v) is 7.27. The van der Waals surface area contributed by atoms with Crippen LogP contribution in [-0.4, -0.2) is 38.9 Å². The summed E-state index contributed by atoms with van der Waals surface area (Å²) in [4.78, 5) is 12.2. The number of benzene rings is 1. The van der Waals surface area contributed by atoms with E-state index in [0.717, 1.165) is 10.6 Å². The lowest BCUT2D eigenvalue weighted by Crippen LogP contribution is -2.33. The quantitative estimate of drug-likeness (QED) is 0.767. The number of carbonyl (C=O) groups is 1. The van der Waals surface area contributed by atoms with Crippen LogP contribution in [0.15, 0.2) is 34.9 Å². The number of ether oxygens (including phenoxy) is 1. The topological polar surface area (TPSA) is 102 Å². The van der Waals surface area contributed by atoms with Gasteiger partial charge in [-0.05, 0) is 26.0 Å². The molecule has 1 heterocycles. The van der Waals surface area contributed by atoms with E-state index in [0.29, 0.717) is 23.8 Å². The number of aryl methyl sites for hydroxylation is 1. The van der Waals surface area contributed by atoms with Crippen molar-refractivity contribution in [2.75, 3.05) is 29.0 Å². The first-order valence-corrected chi connectivity index (χ1v) is 9.58. The molecule has 1 aromatic heterocycles. The zero-order valence-electron chi connectivity index (χ0n) is 14.4. The number of aromatic nitrogens is 1. The van der Waals surface area contributed by atoms with Gasteiger partial charge in [0, 0.05) is 19.0 Å². The van der Waals surface area contributed by atoms with Crippen LogP contribution in [-0.2, 0) is 14.8 Å². The fourth-order valence-corrected chi connectivity index (χ4v) is 3.04. The van der Waals surface area contributed by atoms with Crippen molar-refractivity contribution >= 4 is 27.4 Å². The molecule has 0 aliphatic heterocycles. The first kappa shape index (κ1) is 18.8. The van der Waals surface area contributed by atoms with Crippen molar-refractivity contribution in [1.82, 2.24) is 5.16 Å². The van der Waals surface area contributed by atoms with Crippen LogP contribution in [0.5, 0.6) is 5.75 Å². The predicted octanol–water partition coefficient (Wildman–Crippen LogP) is 2.18. The zero-order valence-corrected chi connectivity index (χ0v) is 15.2. The van der Waals surface area contributed by atoms with Crippen LogP contribution in [0.3, 0.4) is 0 Å². The van der Waals surface area contributed by atoms with Crippen molar-refractivity contribution < 1.29 is 22.5 Å². The number of anilines is 2. The van der Waals surface area contributed by atoms with Crippen molar-refractivity contribution in [3.8, 4) is 5.75 Å². The number of carbonyl (C=O) groups excluding carboxylic acids is 1. The standard InChI is InChI=1S/C16H21N3O5S/c1-4-23-14-8-6-5-7-13(14)17-16(20)9-10-19(25(3,21)22)15-11-12(2)24-18-15/h5-8,11H,4,9-10H2,1-3H3,(H,17,20). The third kappa shape index (κ3) is 5.21. The molecule has 0 saturated heterocycles. The Morgan fingerprint density at radius 3 is 2.68 bits per heavy atom. The molecule has 0 atom stereocenters. The number of amides is 1. The highest BCUT2D eigenvalue weighted by atomic mass is 32.2. The summed E-state index contributed by atoms with van der Waals surface area (Å²) in [5.41, 5.74) is 0.539. The Labute approximate surface area is 146 Å². The van der Waals surface area contributed by atoms with Crippen LogP contribution >= 0.6 is 0 Å². The molecule has 0 bridgehead atoms. The van der Waals surface area contributed by atoms with Crippen LogP contribution in [0.4, 0.5) is 11.5 Å². The van der Waals surface area contributed by atoms with Gasteiger partial charge in [0.25, 0.3) is 0 Å². The van der Waals surface area contributed by atoms with E-state index in [9.17, 15) is 13.2 Å². The van der Waals surface area contributed by atoms with Crippen molar-refractivity contribution in [3.63, 3.8) is 0 Å². The van der Waals surface area contributed by atoms with Gasteiger partial charge >= 0.3 is 0 Å². The molecule has 1 aromatic carbocycles. The molecule has 2 rings (SSSR count). The molecule has 2 aromatic rings. The normalized spacial score (nSPS) is 11.2. The van der Waals surface area contributed by atoms with Gasteiger partial charge in [0.2, 0.25) is 15.9 Å². The Bertz CT molecular complexity index is 832. The van der Waals surface area contributed by atoms with Gasteiger partial charge in [0.15, 0.2) is 5.82 Å². The Morgan fingerprint density at radius 1 is 1.36 bits per heavy atom. The summed E-state index contributed by atoms with van der Waals surface area (Å²) in [6.45, 7) is 3.94. The summed E-state index contributed by atoms with van der Waals surface area (Å²) in [6.07, 6.45) is 1.01. The number of hydrogen-bond donors (Lipinski definition) is 1. The maximum atomic E-state index is 12.2. The Hall–Kier alpha value is -2.55. The van der Waals surface area contributed by atoms with Gasteiger partial charge in [-0.1, -0.05) is 17.3 Å². The highest BCUT2D eigenvalue weighted by Crippen LogP contribution is 2.24. The molecule has 0 fully saturated rings. The van der Waals surface area contributed by atoms with E-state index in [2.05, 4.69) is 10.5 Å². The largest absolute Gasteiger partial charge is 0.492 e. The lowest BCUT2D eigenvalue weighted by Gasteiger charge is -2.19. The Morgan fingerprint density at radius 2 is 2.08 bits per heavy atom. The average molecular weight is 367 g/mol. The van der Waals surface area contributed by atoms with Gasteiger partial charge in [-0.3, -0.25) is 9.10 Å². The van der Waals surface area contributed by atoms with Gasteiger partial charge in [-0.2, -0.15) is 0 Å². The molecule has 1 N–H and O–H groups in total. The van der Waals surface area contributed by atoms with Crippen LogP contribution in [0.1, 0.15) is 19.1 Å². The summed E-state index contributed by atoms with van der Waals surface area (Å²) in [5, 5.41) is 6.43. The summed E-state index contributed by atoms with van der Waals surface area (Å²) in [5.74, 6) is 0.868. The first-order valence-electron chi connectivity index (χ1n) is 7.74. The number of nitrogens with zero attached hydrogens (tertiary/aromatic N) is 2. The number of sulfonamides is 1. The second kappa shape index (κ2) is 8.02. The summed E-state index contributed by atoms with van der Waals surface area (Å²) >= 11 is 0. The third-order valence-electron chi connectivity index (χ3n) is 3.27.